The molecule has 9 nitrogen and oxygen atoms in total. The number of fused-ring (bicyclic) bond motifs is 1. The molecule has 0 atom stereocenters. The van der Waals surface area contributed by atoms with Gasteiger partial charge >= 0.3 is 0 Å². The molecule has 0 saturated carbocycles. The SMILES string of the molecule is Cn1cc(-c2ccc3cnc(CC(=O)c4cn(C5CCNCC5)nn4)nc3c2)cn1. The molecule has 1 N–H and O–H groups in total. The number of Topliss-reactive ketones (excluding diaryl/α,β-unsaturated/α-hetero) is 1. The molecule has 0 bridgehead atoms. The van der Waals surface area contributed by atoms with E-state index in [0.717, 1.165) is 48.0 Å². The highest BCUT2D eigenvalue weighted by Gasteiger charge is 2.19. The summed E-state index contributed by atoms with van der Waals surface area (Å²) in [5.41, 5.74) is 3.20. The smallest absolute Gasteiger partial charge is 0.192 e. The van der Waals surface area contributed by atoms with E-state index in [0.29, 0.717) is 17.6 Å². The summed E-state index contributed by atoms with van der Waals surface area (Å²) in [5, 5.41) is 16.7. The minimum atomic E-state index is -0.127. The third kappa shape index (κ3) is 3.71. The highest BCUT2D eigenvalue weighted by atomic mass is 16.1. The zero-order valence-electron chi connectivity index (χ0n) is 16.7. The maximum absolute atomic E-state index is 12.7. The third-order valence-electron chi connectivity index (χ3n) is 5.47. The highest BCUT2D eigenvalue weighted by Crippen LogP contribution is 2.23. The number of rotatable bonds is 5. The van der Waals surface area contributed by atoms with E-state index in [-0.39, 0.29) is 12.2 Å². The Hall–Kier alpha value is -3.46. The van der Waals surface area contributed by atoms with Gasteiger partial charge in [-0.25, -0.2) is 14.6 Å². The van der Waals surface area contributed by atoms with Crippen LogP contribution >= 0.6 is 0 Å². The Morgan fingerprint density at radius 2 is 2.03 bits per heavy atom. The van der Waals surface area contributed by atoms with E-state index < -0.39 is 0 Å². The van der Waals surface area contributed by atoms with Gasteiger partial charge in [0.15, 0.2) is 5.78 Å². The number of piperidine rings is 1. The zero-order chi connectivity index (χ0) is 20.5. The molecule has 0 aliphatic carbocycles. The Balaban J connectivity index is 1.35. The van der Waals surface area contributed by atoms with Gasteiger partial charge in [-0.05, 0) is 37.6 Å². The number of nitrogens with zero attached hydrogens (tertiary/aromatic N) is 7. The first kappa shape index (κ1) is 18.6. The summed E-state index contributed by atoms with van der Waals surface area (Å²) in [4.78, 5) is 21.7. The van der Waals surface area contributed by atoms with Crippen molar-refractivity contribution in [3.05, 3.63) is 54.5 Å². The topological polar surface area (TPSA) is 103 Å². The Morgan fingerprint density at radius 1 is 1.17 bits per heavy atom. The highest BCUT2D eigenvalue weighted by molar-refractivity contribution is 5.95. The van der Waals surface area contributed by atoms with E-state index in [1.165, 1.54) is 0 Å². The largest absolute Gasteiger partial charge is 0.317 e. The molecule has 0 amide bonds. The van der Waals surface area contributed by atoms with Crippen LogP contribution in [0.5, 0.6) is 0 Å². The van der Waals surface area contributed by atoms with Crippen LogP contribution in [-0.4, -0.2) is 53.6 Å². The molecule has 1 aromatic carbocycles. The molecule has 4 heterocycles. The average molecular weight is 402 g/mol. The van der Waals surface area contributed by atoms with Crippen LogP contribution in [0.1, 0.15) is 35.2 Å². The van der Waals surface area contributed by atoms with E-state index >= 15 is 0 Å². The van der Waals surface area contributed by atoms with Crippen molar-refractivity contribution < 1.29 is 4.79 Å². The summed E-state index contributed by atoms with van der Waals surface area (Å²) in [7, 11) is 1.89. The van der Waals surface area contributed by atoms with Gasteiger partial charge < -0.3 is 5.32 Å². The number of hydrogen-bond donors (Lipinski definition) is 1. The molecule has 5 rings (SSSR count). The van der Waals surface area contributed by atoms with Crippen LogP contribution in [0.2, 0.25) is 0 Å². The van der Waals surface area contributed by atoms with Gasteiger partial charge in [0.05, 0.1) is 30.4 Å². The fraction of sp³-hybridized carbons (Fsp3) is 0.333. The van der Waals surface area contributed by atoms with Crippen molar-refractivity contribution in [1.29, 1.82) is 0 Å². The molecule has 0 radical (unpaired) electrons. The van der Waals surface area contributed by atoms with E-state index in [4.69, 9.17) is 0 Å². The summed E-state index contributed by atoms with van der Waals surface area (Å²) >= 11 is 0. The van der Waals surface area contributed by atoms with Gasteiger partial charge in [0.1, 0.15) is 11.5 Å². The molecule has 152 valence electrons. The number of hydrogen-bond acceptors (Lipinski definition) is 7. The number of benzene rings is 1. The summed E-state index contributed by atoms with van der Waals surface area (Å²) in [6.45, 7) is 1.92. The molecular weight excluding hydrogens is 380 g/mol. The minimum absolute atomic E-state index is 0.0952. The molecule has 9 heteroatoms. The molecule has 1 fully saturated rings. The van der Waals surface area contributed by atoms with Gasteiger partial charge in [0.2, 0.25) is 0 Å². The lowest BCUT2D eigenvalue weighted by molar-refractivity contribution is 0.0986. The normalized spacial score (nSPS) is 15.0. The fourth-order valence-corrected chi connectivity index (χ4v) is 3.78. The number of carbonyl (C=O) groups excluding carboxylic acids is 1. The fourth-order valence-electron chi connectivity index (χ4n) is 3.78. The first-order chi connectivity index (χ1) is 14.7. The van der Waals surface area contributed by atoms with Crippen LogP contribution < -0.4 is 5.32 Å². The number of carbonyl (C=O) groups is 1. The van der Waals surface area contributed by atoms with E-state index in [9.17, 15) is 4.79 Å². The second kappa shape index (κ2) is 7.75. The summed E-state index contributed by atoms with van der Waals surface area (Å²) in [6, 6.07) is 6.29. The molecular formula is C21H22N8O. The predicted octanol–water partition coefficient (Wildman–Crippen LogP) is 1.97. The van der Waals surface area contributed by atoms with E-state index in [1.807, 2.05) is 42.3 Å². The maximum Gasteiger partial charge on any atom is 0.192 e. The first-order valence-corrected chi connectivity index (χ1v) is 10.1. The first-order valence-electron chi connectivity index (χ1n) is 10.1. The number of nitrogens with one attached hydrogen (secondary N) is 1. The second-order valence-electron chi connectivity index (χ2n) is 7.63. The average Bonchev–Trinajstić information content (AvgIpc) is 3.43. The van der Waals surface area contributed by atoms with Crippen LogP contribution in [0, 0.1) is 0 Å². The van der Waals surface area contributed by atoms with Crippen molar-refractivity contribution in [2.75, 3.05) is 13.1 Å². The number of aryl methyl sites for hydroxylation is 1. The summed E-state index contributed by atoms with van der Waals surface area (Å²) in [5.74, 6) is 0.352. The lowest BCUT2D eigenvalue weighted by Gasteiger charge is -2.22. The Morgan fingerprint density at radius 3 is 2.83 bits per heavy atom. The zero-order valence-corrected chi connectivity index (χ0v) is 16.7. The standard InChI is InChI=1S/C21H22N8O/c1-28-12-16(11-24-28)14-2-3-15-10-23-21(25-18(15)8-14)9-20(30)19-13-29(27-26-19)17-4-6-22-7-5-17/h2-3,8,10-13,17,22H,4-7,9H2,1H3. The molecule has 1 saturated heterocycles. The lowest BCUT2D eigenvalue weighted by atomic mass is 10.1. The van der Waals surface area contributed by atoms with Crippen molar-refractivity contribution in [3.63, 3.8) is 0 Å². The van der Waals surface area contributed by atoms with Gasteiger partial charge in [-0.1, -0.05) is 17.3 Å². The van der Waals surface area contributed by atoms with Crippen LogP contribution in [0.25, 0.3) is 22.0 Å². The van der Waals surface area contributed by atoms with Crippen LogP contribution in [0.15, 0.2) is 43.0 Å². The van der Waals surface area contributed by atoms with Gasteiger partial charge in [0, 0.05) is 30.4 Å². The van der Waals surface area contributed by atoms with Gasteiger partial charge in [-0.15, -0.1) is 5.10 Å². The molecule has 1 aliphatic rings. The molecule has 30 heavy (non-hydrogen) atoms. The van der Waals surface area contributed by atoms with Gasteiger partial charge in [-0.2, -0.15) is 5.10 Å². The lowest BCUT2D eigenvalue weighted by Crippen LogP contribution is -2.29. The van der Waals surface area contributed by atoms with Crippen molar-refractivity contribution in [2.45, 2.75) is 25.3 Å². The van der Waals surface area contributed by atoms with Crippen LogP contribution in [-0.2, 0) is 13.5 Å². The van der Waals surface area contributed by atoms with Gasteiger partial charge in [0.25, 0.3) is 0 Å². The van der Waals surface area contributed by atoms with Crippen molar-refractivity contribution in [2.24, 2.45) is 7.05 Å². The minimum Gasteiger partial charge on any atom is -0.317 e. The Kier molecular flexibility index (Phi) is 4.80. The Bertz CT molecular complexity index is 1200. The summed E-state index contributed by atoms with van der Waals surface area (Å²) in [6.07, 6.45) is 9.35. The third-order valence-corrected chi connectivity index (χ3v) is 5.47. The van der Waals surface area contributed by atoms with Crippen molar-refractivity contribution in [1.82, 2.24) is 40.1 Å². The van der Waals surface area contributed by atoms with Crippen LogP contribution in [0.4, 0.5) is 0 Å². The molecule has 0 unspecified atom stereocenters. The molecule has 3 aromatic heterocycles. The quantitative estimate of drug-likeness (QED) is 0.509. The summed E-state index contributed by atoms with van der Waals surface area (Å²) < 4.78 is 3.58. The number of aromatic nitrogens is 7. The van der Waals surface area contributed by atoms with Crippen molar-refractivity contribution >= 4 is 16.7 Å². The molecule has 4 aromatic rings. The second-order valence-corrected chi connectivity index (χ2v) is 7.63. The molecule has 1 aliphatic heterocycles. The predicted molar refractivity (Wildman–Crippen MR) is 111 cm³/mol. The number of ketones is 1. The maximum atomic E-state index is 12.7. The van der Waals surface area contributed by atoms with Crippen molar-refractivity contribution in [3.8, 4) is 11.1 Å². The van der Waals surface area contributed by atoms with E-state index in [1.54, 1.807) is 17.1 Å². The van der Waals surface area contributed by atoms with Gasteiger partial charge in [-0.3, -0.25) is 9.48 Å². The van der Waals surface area contributed by atoms with E-state index in [2.05, 4.69) is 30.7 Å². The van der Waals surface area contributed by atoms with Crippen LogP contribution in [0.3, 0.4) is 0 Å². The monoisotopic (exact) mass is 402 g/mol. The molecule has 0 spiro atoms. The Labute approximate surface area is 173 Å².